The Morgan fingerprint density at radius 2 is 1.95 bits per heavy atom. The van der Waals surface area contributed by atoms with Crippen LogP contribution in [0.1, 0.15) is 23.8 Å². The third-order valence-corrected chi connectivity index (χ3v) is 2.41. The second-order valence-corrected chi connectivity index (χ2v) is 3.88. The lowest BCUT2D eigenvalue weighted by atomic mass is 10.3. The van der Waals surface area contributed by atoms with E-state index in [1.165, 1.54) is 24.8 Å². The molecule has 20 heavy (non-hydrogen) atoms. The number of nitrogens with one attached hydrogen (secondary N) is 2. The molecule has 0 aliphatic rings. The number of carbonyl (C=O) groups is 2. The molecular formula is C13H13N5O2. The number of anilines is 2. The standard InChI is InChI=1S/C13H13N5O2/c1-2-12(19)18-11-4-3-9(7-16-11)17-13(20)10-8-14-5-6-15-10/h3-8H,2H2,1H3,(H,17,20)(H,16,18,19). The van der Waals surface area contributed by atoms with Crippen LogP contribution in [0.15, 0.2) is 36.9 Å². The molecule has 0 saturated carbocycles. The Hall–Kier alpha value is -2.83. The van der Waals surface area contributed by atoms with Crippen molar-refractivity contribution in [2.75, 3.05) is 10.6 Å². The van der Waals surface area contributed by atoms with E-state index >= 15 is 0 Å². The minimum atomic E-state index is -0.370. The van der Waals surface area contributed by atoms with Crippen molar-refractivity contribution < 1.29 is 9.59 Å². The number of nitrogens with zero attached hydrogens (tertiary/aromatic N) is 3. The summed E-state index contributed by atoms with van der Waals surface area (Å²) in [7, 11) is 0. The van der Waals surface area contributed by atoms with Crippen molar-refractivity contribution in [2.24, 2.45) is 0 Å². The summed E-state index contributed by atoms with van der Waals surface area (Å²) in [5, 5.41) is 5.25. The third-order valence-electron chi connectivity index (χ3n) is 2.41. The first-order valence-electron chi connectivity index (χ1n) is 6.02. The molecule has 7 nitrogen and oxygen atoms in total. The highest BCUT2D eigenvalue weighted by atomic mass is 16.2. The van der Waals surface area contributed by atoms with Crippen LogP contribution in [0, 0.1) is 0 Å². The molecule has 2 N–H and O–H groups in total. The maximum absolute atomic E-state index is 11.8. The molecule has 0 fully saturated rings. The highest BCUT2D eigenvalue weighted by molar-refractivity contribution is 6.02. The normalized spacial score (nSPS) is 9.85. The van der Waals surface area contributed by atoms with Crippen LogP contribution in [0.4, 0.5) is 11.5 Å². The zero-order valence-electron chi connectivity index (χ0n) is 10.8. The molecule has 0 saturated heterocycles. The molecule has 2 aromatic heterocycles. The Morgan fingerprint density at radius 3 is 2.55 bits per heavy atom. The summed E-state index contributed by atoms with van der Waals surface area (Å²) >= 11 is 0. The van der Waals surface area contributed by atoms with Crippen LogP contribution >= 0.6 is 0 Å². The molecule has 2 amide bonds. The van der Waals surface area contributed by atoms with Crippen molar-refractivity contribution in [3.05, 3.63) is 42.6 Å². The largest absolute Gasteiger partial charge is 0.319 e. The average molecular weight is 271 g/mol. The molecule has 0 radical (unpaired) electrons. The van der Waals surface area contributed by atoms with Gasteiger partial charge in [-0.25, -0.2) is 9.97 Å². The number of hydrogen-bond acceptors (Lipinski definition) is 5. The Labute approximate surface area is 115 Å². The molecule has 0 aromatic carbocycles. The fraction of sp³-hybridized carbons (Fsp3) is 0.154. The van der Waals surface area contributed by atoms with Gasteiger partial charge in [0, 0.05) is 18.8 Å². The number of carbonyl (C=O) groups excluding carboxylic acids is 2. The van der Waals surface area contributed by atoms with Gasteiger partial charge < -0.3 is 10.6 Å². The first-order valence-corrected chi connectivity index (χ1v) is 6.02. The zero-order valence-corrected chi connectivity index (χ0v) is 10.8. The summed E-state index contributed by atoms with van der Waals surface area (Å²) in [6, 6.07) is 3.26. The molecule has 0 bridgehead atoms. The molecule has 0 spiro atoms. The number of pyridine rings is 1. The first-order chi connectivity index (χ1) is 9.69. The summed E-state index contributed by atoms with van der Waals surface area (Å²) in [6.07, 6.45) is 6.14. The SMILES string of the molecule is CCC(=O)Nc1ccc(NC(=O)c2cnccn2)cn1. The lowest BCUT2D eigenvalue weighted by molar-refractivity contribution is -0.115. The van der Waals surface area contributed by atoms with E-state index in [0.29, 0.717) is 17.9 Å². The van der Waals surface area contributed by atoms with E-state index in [2.05, 4.69) is 25.6 Å². The minimum Gasteiger partial charge on any atom is -0.319 e. The van der Waals surface area contributed by atoms with Gasteiger partial charge >= 0.3 is 0 Å². The molecular weight excluding hydrogens is 258 g/mol. The topological polar surface area (TPSA) is 96.9 Å². The molecule has 0 atom stereocenters. The molecule has 2 aromatic rings. The van der Waals surface area contributed by atoms with E-state index in [4.69, 9.17) is 0 Å². The number of rotatable bonds is 4. The van der Waals surface area contributed by atoms with Gasteiger partial charge in [-0.3, -0.25) is 14.6 Å². The van der Waals surface area contributed by atoms with Crippen molar-refractivity contribution in [3.63, 3.8) is 0 Å². The Morgan fingerprint density at radius 1 is 1.10 bits per heavy atom. The van der Waals surface area contributed by atoms with Gasteiger partial charge in [-0.05, 0) is 12.1 Å². The Balaban J connectivity index is 2.00. The number of amides is 2. The second-order valence-electron chi connectivity index (χ2n) is 3.88. The summed E-state index contributed by atoms with van der Waals surface area (Å²) in [4.78, 5) is 34.7. The number of hydrogen-bond donors (Lipinski definition) is 2. The van der Waals surface area contributed by atoms with Gasteiger partial charge in [0.1, 0.15) is 11.5 Å². The van der Waals surface area contributed by atoms with Crippen molar-refractivity contribution in [1.82, 2.24) is 15.0 Å². The van der Waals surface area contributed by atoms with Gasteiger partial charge in [0.05, 0.1) is 18.1 Å². The highest BCUT2D eigenvalue weighted by Crippen LogP contribution is 2.10. The Kier molecular flexibility index (Phi) is 4.33. The fourth-order valence-corrected chi connectivity index (χ4v) is 1.38. The molecule has 102 valence electrons. The van der Waals surface area contributed by atoms with Gasteiger partial charge in [0.15, 0.2) is 0 Å². The number of aromatic nitrogens is 3. The van der Waals surface area contributed by atoms with Crippen LogP contribution in [0.5, 0.6) is 0 Å². The summed E-state index contributed by atoms with van der Waals surface area (Å²) in [5.41, 5.74) is 0.728. The van der Waals surface area contributed by atoms with Crippen molar-refractivity contribution in [3.8, 4) is 0 Å². The zero-order chi connectivity index (χ0) is 14.4. The maximum Gasteiger partial charge on any atom is 0.275 e. The maximum atomic E-state index is 11.8. The van der Waals surface area contributed by atoms with E-state index in [-0.39, 0.29) is 17.5 Å². The minimum absolute atomic E-state index is 0.117. The van der Waals surface area contributed by atoms with Crippen LogP contribution in [-0.2, 0) is 4.79 Å². The van der Waals surface area contributed by atoms with E-state index in [1.807, 2.05) is 0 Å². The third kappa shape index (κ3) is 3.58. The van der Waals surface area contributed by atoms with E-state index < -0.39 is 0 Å². The average Bonchev–Trinajstić information content (AvgIpc) is 2.50. The molecule has 0 aliphatic heterocycles. The molecule has 2 rings (SSSR count). The van der Waals surface area contributed by atoms with Crippen molar-refractivity contribution in [2.45, 2.75) is 13.3 Å². The van der Waals surface area contributed by atoms with Crippen LogP contribution in [0.2, 0.25) is 0 Å². The fourth-order valence-electron chi connectivity index (χ4n) is 1.38. The predicted molar refractivity (Wildman–Crippen MR) is 73.1 cm³/mol. The molecule has 2 heterocycles. The lowest BCUT2D eigenvalue weighted by Crippen LogP contribution is -2.14. The van der Waals surface area contributed by atoms with Crippen LogP contribution < -0.4 is 10.6 Å². The van der Waals surface area contributed by atoms with Crippen LogP contribution in [0.3, 0.4) is 0 Å². The first kappa shape index (κ1) is 13.6. The lowest BCUT2D eigenvalue weighted by Gasteiger charge is -2.06. The molecule has 0 aliphatic carbocycles. The van der Waals surface area contributed by atoms with E-state index in [9.17, 15) is 9.59 Å². The van der Waals surface area contributed by atoms with Crippen molar-refractivity contribution >= 4 is 23.3 Å². The highest BCUT2D eigenvalue weighted by Gasteiger charge is 2.07. The van der Waals surface area contributed by atoms with E-state index in [0.717, 1.165) is 0 Å². The van der Waals surface area contributed by atoms with Gasteiger partial charge in [0.25, 0.3) is 5.91 Å². The van der Waals surface area contributed by atoms with Gasteiger partial charge in [-0.15, -0.1) is 0 Å². The van der Waals surface area contributed by atoms with Gasteiger partial charge in [0.2, 0.25) is 5.91 Å². The van der Waals surface area contributed by atoms with Crippen molar-refractivity contribution in [1.29, 1.82) is 0 Å². The van der Waals surface area contributed by atoms with E-state index in [1.54, 1.807) is 19.1 Å². The molecule has 0 unspecified atom stereocenters. The second kappa shape index (κ2) is 6.37. The van der Waals surface area contributed by atoms with Gasteiger partial charge in [-0.2, -0.15) is 0 Å². The van der Waals surface area contributed by atoms with Crippen LogP contribution in [0.25, 0.3) is 0 Å². The summed E-state index contributed by atoms with van der Waals surface area (Å²) < 4.78 is 0. The monoisotopic (exact) mass is 271 g/mol. The molecule has 7 heteroatoms. The van der Waals surface area contributed by atoms with Gasteiger partial charge in [-0.1, -0.05) is 6.92 Å². The predicted octanol–water partition coefficient (Wildman–Crippen LogP) is 1.47. The van der Waals surface area contributed by atoms with Crippen LogP contribution in [-0.4, -0.2) is 26.8 Å². The quantitative estimate of drug-likeness (QED) is 0.877. The summed E-state index contributed by atoms with van der Waals surface area (Å²) in [6.45, 7) is 1.75. The summed E-state index contributed by atoms with van der Waals surface area (Å²) in [5.74, 6) is -0.0477. The smallest absolute Gasteiger partial charge is 0.275 e. The Bertz CT molecular complexity index is 598.